The van der Waals surface area contributed by atoms with Gasteiger partial charge in [-0.25, -0.2) is 4.98 Å². The average molecular weight is 667 g/mol. The molecule has 2 aromatic heterocycles. The van der Waals surface area contributed by atoms with Crippen molar-refractivity contribution in [2.75, 3.05) is 16.8 Å². The first-order valence-corrected chi connectivity index (χ1v) is 12.2. The second kappa shape index (κ2) is 9.64. The molecule has 0 saturated heterocycles. The van der Waals surface area contributed by atoms with Crippen LogP contribution in [-0.2, 0) is 21.1 Å². The largest absolute Gasteiger partial charge is 0.506 e. The van der Waals surface area contributed by atoms with Gasteiger partial charge in [0.1, 0.15) is 17.1 Å². The van der Waals surface area contributed by atoms with E-state index in [1.807, 2.05) is 42.6 Å². The van der Waals surface area contributed by atoms with Crippen LogP contribution < -0.4 is 9.80 Å². The van der Waals surface area contributed by atoms with E-state index in [1.165, 1.54) is 11.1 Å². The summed E-state index contributed by atoms with van der Waals surface area (Å²) in [5, 5.41) is 11.6. The molecular formula is C31H27N4OPt-. The molecule has 1 N–H and O–H groups in total. The minimum absolute atomic E-state index is 0. The molecule has 1 aliphatic heterocycles. The van der Waals surface area contributed by atoms with Crippen LogP contribution in [0.1, 0.15) is 30.9 Å². The van der Waals surface area contributed by atoms with Crippen molar-refractivity contribution in [1.29, 1.82) is 0 Å². The van der Waals surface area contributed by atoms with E-state index in [2.05, 4.69) is 79.0 Å². The Bertz CT molecular complexity index is 1620. The zero-order valence-corrected chi connectivity index (χ0v) is 23.4. The Morgan fingerprint density at radius 3 is 2.46 bits per heavy atom. The zero-order valence-electron chi connectivity index (χ0n) is 21.1. The maximum absolute atomic E-state index is 10.6. The molecule has 188 valence electrons. The molecule has 6 rings (SSSR count). The molecular weight excluding hydrogens is 639 g/mol. The first-order valence-electron chi connectivity index (χ1n) is 12.2. The summed E-state index contributed by atoms with van der Waals surface area (Å²) in [4.78, 5) is 13.9. The number of phenols is 1. The Balaban J connectivity index is 0.00000280. The Kier molecular flexibility index (Phi) is 6.51. The van der Waals surface area contributed by atoms with Crippen LogP contribution in [0.15, 0.2) is 79.0 Å². The third-order valence-electron chi connectivity index (χ3n) is 6.87. The van der Waals surface area contributed by atoms with Crippen LogP contribution >= 0.6 is 0 Å². The van der Waals surface area contributed by atoms with Crippen LogP contribution in [0.5, 0.6) is 5.75 Å². The molecule has 0 saturated carbocycles. The molecule has 0 amide bonds. The Morgan fingerprint density at radius 1 is 0.892 bits per heavy atom. The van der Waals surface area contributed by atoms with Crippen molar-refractivity contribution in [2.45, 2.75) is 26.7 Å². The monoisotopic (exact) mass is 666 g/mol. The van der Waals surface area contributed by atoms with Gasteiger partial charge in [-0.05, 0) is 71.4 Å². The van der Waals surface area contributed by atoms with Crippen molar-refractivity contribution in [2.24, 2.45) is 0 Å². The fraction of sp³-hybridized carbons (Fsp3) is 0.161. The summed E-state index contributed by atoms with van der Waals surface area (Å²) in [6.07, 6.45) is 1.81. The fourth-order valence-electron chi connectivity index (χ4n) is 5.01. The van der Waals surface area contributed by atoms with Gasteiger partial charge >= 0.3 is 0 Å². The van der Waals surface area contributed by atoms with E-state index < -0.39 is 0 Å². The van der Waals surface area contributed by atoms with E-state index in [9.17, 15) is 5.11 Å². The van der Waals surface area contributed by atoms with Crippen molar-refractivity contribution in [3.05, 3.63) is 96.2 Å². The van der Waals surface area contributed by atoms with Gasteiger partial charge < -0.3 is 14.9 Å². The summed E-state index contributed by atoms with van der Waals surface area (Å²) >= 11 is 0. The maximum Gasteiger partial charge on any atom is 0.140 e. The molecule has 6 heteroatoms. The van der Waals surface area contributed by atoms with Gasteiger partial charge in [-0.1, -0.05) is 44.2 Å². The predicted molar refractivity (Wildman–Crippen MR) is 147 cm³/mol. The fourth-order valence-corrected chi connectivity index (χ4v) is 5.01. The van der Waals surface area contributed by atoms with Crippen LogP contribution in [0.2, 0.25) is 0 Å². The topological polar surface area (TPSA) is 52.5 Å². The van der Waals surface area contributed by atoms with Gasteiger partial charge in [0.15, 0.2) is 0 Å². The van der Waals surface area contributed by atoms with Crippen LogP contribution in [0.4, 0.5) is 28.6 Å². The Morgan fingerprint density at radius 2 is 1.70 bits per heavy atom. The van der Waals surface area contributed by atoms with Crippen LogP contribution in [-0.4, -0.2) is 22.1 Å². The molecule has 0 unspecified atom stereocenters. The van der Waals surface area contributed by atoms with Crippen molar-refractivity contribution in [3.63, 3.8) is 0 Å². The van der Waals surface area contributed by atoms with Crippen LogP contribution in [0, 0.1) is 13.0 Å². The molecule has 0 aliphatic carbocycles. The molecule has 37 heavy (non-hydrogen) atoms. The third kappa shape index (κ3) is 4.18. The number of phenolic OH excluding ortho intramolecular Hbond substituents is 1. The summed E-state index contributed by atoms with van der Waals surface area (Å²) in [6, 6.07) is 28.0. The molecule has 0 fully saturated rings. The Hall–Kier alpha value is -3.69. The van der Waals surface area contributed by atoms with Crippen molar-refractivity contribution in [3.8, 4) is 17.0 Å². The van der Waals surface area contributed by atoms with E-state index in [1.54, 1.807) is 6.07 Å². The second-order valence-electron chi connectivity index (χ2n) is 9.60. The predicted octanol–water partition coefficient (Wildman–Crippen LogP) is 7.78. The smallest absolute Gasteiger partial charge is 0.140 e. The molecule has 3 aromatic carbocycles. The number of hydrogen-bond acceptors (Lipinski definition) is 5. The molecule has 0 spiro atoms. The standard InChI is InChI=1S/C31H27N4O.Pt/c1-19(2)22-11-15-29(36)31-23(22)10-12-24(33-31)21-9-14-26-28(18-21)35(30-7-5-6-16-32-30)27-17-20(3)8-13-25(27)34(26)4;/h5-17,19,36H,1-4H3;/q-1;. The van der Waals surface area contributed by atoms with Gasteiger partial charge in [-0.3, -0.25) is 4.98 Å². The summed E-state index contributed by atoms with van der Waals surface area (Å²) in [5.74, 6) is 1.35. The number of fused-ring (bicyclic) bond motifs is 3. The molecule has 0 atom stereocenters. The van der Waals surface area contributed by atoms with Crippen molar-refractivity contribution < 1.29 is 26.2 Å². The first kappa shape index (κ1) is 25.0. The van der Waals surface area contributed by atoms with Gasteiger partial charge in [-0.15, -0.1) is 23.8 Å². The van der Waals surface area contributed by atoms with E-state index >= 15 is 0 Å². The summed E-state index contributed by atoms with van der Waals surface area (Å²) in [6.45, 7) is 6.40. The number of nitrogens with zero attached hydrogens (tertiary/aromatic N) is 4. The van der Waals surface area contributed by atoms with Crippen LogP contribution in [0.25, 0.3) is 22.2 Å². The maximum atomic E-state index is 10.6. The number of aromatic nitrogens is 2. The quantitative estimate of drug-likeness (QED) is 0.200. The molecule has 5 aromatic rings. The molecule has 1 aliphatic rings. The zero-order chi connectivity index (χ0) is 25.0. The number of rotatable bonds is 3. The van der Waals surface area contributed by atoms with E-state index in [0.29, 0.717) is 11.4 Å². The van der Waals surface area contributed by atoms with E-state index in [-0.39, 0.29) is 26.8 Å². The van der Waals surface area contributed by atoms with Crippen LogP contribution in [0.3, 0.4) is 0 Å². The van der Waals surface area contributed by atoms with Gasteiger partial charge in [0.05, 0.1) is 11.4 Å². The van der Waals surface area contributed by atoms with Gasteiger partial charge in [0.2, 0.25) is 0 Å². The summed E-state index contributed by atoms with van der Waals surface area (Å²) < 4.78 is 0. The Labute approximate surface area is 231 Å². The molecule has 0 bridgehead atoms. The SMILES string of the molecule is Cc1ccc2c(c1)N(c1ccccn1)c1[c-]c(-c3ccc4c(C(C)C)ccc(O)c4n3)ccc1N2C.[Pt]. The second-order valence-corrected chi connectivity index (χ2v) is 9.60. The summed E-state index contributed by atoms with van der Waals surface area (Å²) in [7, 11) is 2.08. The van der Waals surface area contributed by atoms with E-state index in [0.717, 1.165) is 45.2 Å². The van der Waals surface area contributed by atoms with Gasteiger partial charge in [-0.2, -0.15) is 0 Å². The minimum atomic E-state index is 0. The first-order chi connectivity index (χ1) is 17.4. The molecule has 0 radical (unpaired) electrons. The normalized spacial score (nSPS) is 12.4. The van der Waals surface area contributed by atoms with Crippen molar-refractivity contribution >= 4 is 39.5 Å². The van der Waals surface area contributed by atoms with Gasteiger partial charge in [0, 0.05) is 39.7 Å². The molecule has 3 heterocycles. The number of hydrogen-bond donors (Lipinski definition) is 1. The molecule has 5 nitrogen and oxygen atoms in total. The number of aromatic hydroxyl groups is 1. The van der Waals surface area contributed by atoms with Gasteiger partial charge in [0.25, 0.3) is 0 Å². The number of benzene rings is 3. The number of anilines is 5. The summed E-state index contributed by atoms with van der Waals surface area (Å²) in [5.41, 5.74) is 8.69. The minimum Gasteiger partial charge on any atom is -0.506 e. The third-order valence-corrected chi connectivity index (χ3v) is 6.87. The van der Waals surface area contributed by atoms with Crippen molar-refractivity contribution in [1.82, 2.24) is 9.97 Å². The number of aryl methyl sites for hydroxylation is 1. The van der Waals surface area contributed by atoms with E-state index in [4.69, 9.17) is 4.98 Å². The number of pyridine rings is 2. The average Bonchev–Trinajstić information content (AvgIpc) is 2.89.